The molecule has 0 saturated heterocycles. The molecule has 1 aliphatic carbocycles. The van der Waals surface area contributed by atoms with Crippen molar-refractivity contribution in [2.45, 2.75) is 45.0 Å². The summed E-state index contributed by atoms with van der Waals surface area (Å²) in [5.74, 6) is -0.0578. The van der Waals surface area contributed by atoms with Gasteiger partial charge in [-0.25, -0.2) is 8.78 Å². The molecular weight excluding hydrogens is 254 g/mol. The van der Waals surface area contributed by atoms with Gasteiger partial charge in [0.1, 0.15) is 6.61 Å². The Morgan fingerprint density at radius 1 is 1.26 bits per heavy atom. The highest BCUT2D eigenvalue weighted by Crippen LogP contribution is 2.34. The van der Waals surface area contributed by atoms with Crippen LogP contribution in [0.25, 0.3) is 0 Å². The maximum Gasteiger partial charge on any atom is 0.261 e. The summed E-state index contributed by atoms with van der Waals surface area (Å²) in [5.41, 5.74) is 5.31. The lowest BCUT2D eigenvalue weighted by molar-refractivity contribution is -0.131. The number of carbonyl (C=O) groups excluding carboxylic acids is 1. The molecule has 1 fully saturated rings. The highest BCUT2D eigenvalue weighted by atomic mass is 19.3. The highest BCUT2D eigenvalue weighted by Gasteiger charge is 2.36. The van der Waals surface area contributed by atoms with Gasteiger partial charge in [-0.05, 0) is 12.8 Å². The number of halogens is 2. The van der Waals surface area contributed by atoms with Gasteiger partial charge >= 0.3 is 0 Å². The third-order valence-corrected chi connectivity index (χ3v) is 3.71. The Labute approximate surface area is 113 Å². The number of ether oxygens (including phenoxy) is 1. The summed E-state index contributed by atoms with van der Waals surface area (Å²) in [6.45, 7) is 0.124. The summed E-state index contributed by atoms with van der Waals surface area (Å²) in [7, 11) is 0. The molecule has 0 aliphatic heterocycles. The van der Waals surface area contributed by atoms with Crippen molar-refractivity contribution in [1.29, 1.82) is 0 Å². The van der Waals surface area contributed by atoms with Crippen LogP contribution >= 0.6 is 0 Å². The smallest absolute Gasteiger partial charge is 0.261 e. The third-order valence-electron chi connectivity index (χ3n) is 3.71. The van der Waals surface area contributed by atoms with Crippen LogP contribution in [0.2, 0.25) is 0 Å². The number of alkyl halides is 2. The van der Waals surface area contributed by atoms with Crippen molar-refractivity contribution in [1.82, 2.24) is 5.32 Å². The van der Waals surface area contributed by atoms with Gasteiger partial charge in [0.15, 0.2) is 0 Å². The predicted octanol–water partition coefficient (Wildman–Crippen LogP) is 1.68. The van der Waals surface area contributed by atoms with E-state index in [1.54, 1.807) is 0 Å². The Morgan fingerprint density at radius 2 is 1.89 bits per heavy atom. The summed E-state index contributed by atoms with van der Waals surface area (Å²) in [6, 6.07) is 0. The van der Waals surface area contributed by atoms with Crippen LogP contribution in [0.1, 0.15) is 38.5 Å². The molecule has 0 aromatic carbocycles. The summed E-state index contributed by atoms with van der Waals surface area (Å²) in [4.78, 5) is 12.2. The van der Waals surface area contributed by atoms with Gasteiger partial charge in [-0.3, -0.25) is 4.79 Å². The maximum atomic E-state index is 12.2. The van der Waals surface area contributed by atoms with Crippen LogP contribution in [0, 0.1) is 5.41 Å². The lowest BCUT2D eigenvalue weighted by atomic mass is 9.79. The number of hydrogen-bond acceptors (Lipinski definition) is 3. The van der Waals surface area contributed by atoms with E-state index < -0.39 is 18.4 Å². The largest absolute Gasteiger partial charge is 0.374 e. The first kappa shape index (κ1) is 16.3. The zero-order valence-electron chi connectivity index (χ0n) is 11.3. The second-order valence-electron chi connectivity index (χ2n) is 5.12. The quantitative estimate of drug-likeness (QED) is 0.550. The molecule has 112 valence electrons. The SMILES string of the molecule is NCC1(C(=O)NCCOCC(F)F)CCCCCC1. The van der Waals surface area contributed by atoms with Gasteiger partial charge in [0.05, 0.1) is 12.0 Å². The number of amides is 1. The van der Waals surface area contributed by atoms with Crippen molar-refractivity contribution >= 4 is 5.91 Å². The predicted molar refractivity (Wildman–Crippen MR) is 69.0 cm³/mol. The molecule has 1 saturated carbocycles. The molecule has 0 unspecified atom stereocenters. The summed E-state index contributed by atoms with van der Waals surface area (Å²) < 4.78 is 28.4. The van der Waals surface area contributed by atoms with E-state index in [0.717, 1.165) is 38.5 Å². The number of rotatable bonds is 7. The lowest BCUT2D eigenvalue weighted by Crippen LogP contribution is -2.46. The second kappa shape index (κ2) is 8.43. The van der Waals surface area contributed by atoms with Crippen molar-refractivity contribution in [3.8, 4) is 0 Å². The molecule has 4 nitrogen and oxygen atoms in total. The normalized spacial score (nSPS) is 19.2. The molecule has 1 aliphatic rings. The van der Waals surface area contributed by atoms with Crippen LogP contribution in [-0.2, 0) is 9.53 Å². The van der Waals surface area contributed by atoms with Gasteiger partial charge < -0.3 is 15.8 Å². The first-order chi connectivity index (χ1) is 9.10. The van der Waals surface area contributed by atoms with Crippen molar-refractivity contribution in [2.75, 3.05) is 26.3 Å². The molecule has 0 spiro atoms. The molecule has 0 radical (unpaired) electrons. The minimum atomic E-state index is -2.46. The van der Waals surface area contributed by atoms with E-state index in [9.17, 15) is 13.6 Å². The van der Waals surface area contributed by atoms with Gasteiger partial charge in [0.2, 0.25) is 5.91 Å². The first-order valence-electron chi connectivity index (χ1n) is 6.95. The summed E-state index contributed by atoms with van der Waals surface area (Å²) >= 11 is 0. The van der Waals surface area contributed by atoms with E-state index >= 15 is 0 Å². The number of nitrogens with one attached hydrogen (secondary N) is 1. The molecule has 19 heavy (non-hydrogen) atoms. The van der Waals surface area contributed by atoms with Gasteiger partial charge in [-0.15, -0.1) is 0 Å². The van der Waals surface area contributed by atoms with Crippen molar-refractivity contribution in [3.05, 3.63) is 0 Å². The van der Waals surface area contributed by atoms with E-state index in [2.05, 4.69) is 5.32 Å². The molecular formula is C13H24F2N2O2. The zero-order valence-corrected chi connectivity index (χ0v) is 11.3. The molecule has 1 amide bonds. The fraction of sp³-hybridized carbons (Fsp3) is 0.923. The van der Waals surface area contributed by atoms with E-state index in [-0.39, 0.29) is 19.1 Å². The molecule has 0 aromatic rings. The van der Waals surface area contributed by atoms with Gasteiger partial charge in [0.25, 0.3) is 6.43 Å². The summed E-state index contributed by atoms with van der Waals surface area (Å²) in [6.07, 6.45) is 3.49. The molecule has 0 heterocycles. The molecule has 0 bridgehead atoms. The van der Waals surface area contributed by atoms with E-state index in [0.29, 0.717) is 6.54 Å². The number of hydrogen-bond donors (Lipinski definition) is 2. The van der Waals surface area contributed by atoms with Crippen LogP contribution < -0.4 is 11.1 Å². The first-order valence-corrected chi connectivity index (χ1v) is 6.95. The standard InChI is InChI=1S/C13H24F2N2O2/c14-11(15)9-19-8-7-17-12(18)13(10-16)5-3-1-2-4-6-13/h11H,1-10,16H2,(H,17,18). The fourth-order valence-corrected chi connectivity index (χ4v) is 2.53. The monoisotopic (exact) mass is 278 g/mol. The van der Waals surface area contributed by atoms with E-state index in [1.165, 1.54) is 0 Å². The van der Waals surface area contributed by atoms with Crippen molar-refractivity contribution < 1.29 is 18.3 Å². The van der Waals surface area contributed by atoms with Crippen molar-refractivity contribution in [3.63, 3.8) is 0 Å². The summed E-state index contributed by atoms with van der Waals surface area (Å²) in [5, 5.41) is 2.76. The molecule has 1 rings (SSSR count). The Hall–Kier alpha value is -0.750. The Bertz CT molecular complexity index is 267. The Kier molecular flexibility index (Phi) is 7.23. The molecule has 0 atom stereocenters. The van der Waals surface area contributed by atoms with Gasteiger partial charge in [0, 0.05) is 13.1 Å². The maximum absolute atomic E-state index is 12.2. The van der Waals surface area contributed by atoms with Gasteiger partial charge in [-0.1, -0.05) is 25.7 Å². The minimum Gasteiger partial charge on any atom is -0.374 e. The average Bonchev–Trinajstić information content (AvgIpc) is 2.64. The third kappa shape index (κ3) is 5.40. The number of carbonyl (C=O) groups is 1. The second-order valence-corrected chi connectivity index (χ2v) is 5.12. The lowest BCUT2D eigenvalue weighted by Gasteiger charge is -2.29. The van der Waals surface area contributed by atoms with Crippen LogP contribution in [0.5, 0.6) is 0 Å². The zero-order chi connectivity index (χ0) is 14.1. The van der Waals surface area contributed by atoms with Crippen LogP contribution in [-0.4, -0.2) is 38.6 Å². The van der Waals surface area contributed by atoms with E-state index in [4.69, 9.17) is 10.5 Å². The minimum absolute atomic E-state index is 0.0578. The fourth-order valence-electron chi connectivity index (χ4n) is 2.53. The van der Waals surface area contributed by atoms with Crippen molar-refractivity contribution in [2.24, 2.45) is 11.1 Å². The molecule has 3 N–H and O–H groups in total. The molecule has 0 aromatic heterocycles. The Morgan fingerprint density at radius 3 is 2.42 bits per heavy atom. The highest BCUT2D eigenvalue weighted by molar-refractivity contribution is 5.82. The Balaban J connectivity index is 2.32. The van der Waals surface area contributed by atoms with Gasteiger partial charge in [-0.2, -0.15) is 0 Å². The number of nitrogens with two attached hydrogens (primary N) is 1. The van der Waals surface area contributed by atoms with Crippen LogP contribution in [0.4, 0.5) is 8.78 Å². The topological polar surface area (TPSA) is 64.4 Å². The van der Waals surface area contributed by atoms with E-state index in [1.807, 2.05) is 0 Å². The molecule has 6 heteroatoms. The average molecular weight is 278 g/mol. The van der Waals surface area contributed by atoms with Crippen LogP contribution in [0.15, 0.2) is 0 Å². The van der Waals surface area contributed by atoms with Crippen LogP contribution in [0.3, 0.4) is 0 Å².